The van der Waals surface area contributed by atoms with Gasteiger partial charge in [0.05, 0.1) is 0 Å². The highest BCUT2D eigenvalue weighted by Crippen LogP contribution is 2.41. The Labute approximate surface area is 190 Å². The van der Waals surface area contributed by atoms with Crippen LogP contribution in [0.4, 0.5) is 5.69 Å². The Morgan fingerprint density at radius 3 is 2.39 bits per heavy atom. The summed E-state index contributed by atoms with van der Waals surface area (Å²) in [6.07, 6.45) is 8.52. The lowest BCUT2D eigenvalue weighted by Crippen LogP contribution is -2.27. The van der Waals surface area contributed by atoms with Gasteiger partial charge in [0, 0.05) is 24.5 Å². The third kappa shape index (κ3) is 6.23. The summed E-state index contributed by atoms with van der Waals surface area (Å²) in [5, 5.41) is 0. The van der Waals surface area contributed by atoms with Crippen molar-refractivity contribution in [3.8, 4) is 0 Å². The van der Waals surface area contributed by atoms with Gasteiger partial charge in [-0.1, -0.05) is 77.4 Å². The van der Waals surface area contributed by atoms with Gasteiger partial charge < -0.3 is 10.6 Å². The van der Waals surface area contributed by atoms with Crippen LogP contribution in [-0.2, 0) is 19.4 Å². The molecule has 1 saturated carbocycles. The monoisotopic (exact) mass is 418 g/mol. The van der Waals surface area contributed by atoms with Gasteiger partial charge in [0.1, 0.15) is 0 Å². The van der Waals surface area contributed by atoms with Crippen molar-refractivity contribution in [3.05, 3.63) is 76.5 Å². The van der Waals surface area contributed by atoms with Gasteiger partial charge in [-0.15, -0.1) is 0 Å². The second kappa shape index (κ2) is 11.0. The minimum atomic E-state index is 0.475. The lowest BCUT2D eigenvalue weighted by atomic mass is 9.95. The van der Waals surface area contributed by atoms with E-state index in [2.05, 4.69) is 75.6 Å². The van der Waals surface area contributed by atoms with Crippen molar-refractivity contribution in [3.63, 3.8) is 0 Å². The summed E-state index contributed by atoms with van der Waals surface area (Å²) < 4.78 is 0. The molecule has 2 nitrogen and oxygen atoms in total. The summed E-state index contributed by atoms with van der Waals surface area (Å²) in [5.74, 6) is 1.31. The molecule has 1 aliphatic carbocycles. The van der Waals surface area contributed by atoms with Crippen molar-refractivity contribution in [2.75, 3.05) is 11.4 Å². The van der Waals surface area contributed by atoms with Crippen molar-refractivity contribution in [1.82, 2.24) is 0 Å². The van der Waals surface area contributed by atoms with Crippen LogP contribution in [0.25, 0.3) is 0 Å². The molecule has 3 rings (SSSR count). The van der Waals surface area contributed by atoms with Crippen LogP contribution in [0.3, 0.4) is 0 Å². The van der Waals surface area contributed by atoms with E-state index in [0.717, 1.165) is 31.0 Å². The fraction of sp³-hybridized carbons (Fsp3) is 0.517. The molecular formula is C29H42N2. The van der Waals surface area contributed by atoms with Gasteiger partial charge in [0.15, 0.2) is 0 Å². The third-order valence-electron chi connectivity index (χ3n) is 6.48. The molecule has 0 aromatic heterocycles. The van der Waals surface area contributed by atoms with Crippen LogP contribution in [0.1, 0.15) is 99.5 Å². The molecule has 0 unspecified atom stereocenters. The Hall–Kier alpha value is -2.06. The molecule has 2 aromatic rings. The van der Waals surface area contributed by atoms with E-state index in [1.54, 1.807) is 0 Å². The number of hydrogen-bond donors (Lipinski definition) is 1. The lowest BCUT2D eigenvalue weighted by Gasteiger charge is -2.30. The molecule has 0 radical (unpaired) electrons. The van der Waals surface area contributed by atoms with Crippen molar-refractivity contribution in [2.24, 2.45) is 5.73 Å². The summed E-state index contributed by atoms with van der Waals surface area (Å²) >= 11 is 0. The predicted molar refractivity (Wildman–Crippen MR) is 136 cm³/mol. The zero-order chi connectivity index (χ0) is 22.4. The van der Waals surface area contributed by atoms with Crippen LogP contribution in [0.15, 0.2) is 48.7 Å². The molecule has 0 heterocycles. The maximum atomic E-state index is 6.12. The van der Waals surface area contributed by atoms with E-state index < -0.39 is 0 Å². The number of benzene rings is 2. The molecule has 0 aliphatic heterocycles. The largest absolute Gasteiger partial charge is 0.340 e. The van der Waals surface area contributed by atoms with Gasteiger partial charge in [-0.25, -0.2) is 0 Å². The zero-order valence-corrected chi connectivity index (χ0v) is 20.2. The first-order valence-corrected chi connectivity index (χ1v) is 12.4. The zero-order valence-electron chi connectivity index (χ0n) is 20.2. The Morgan fingerprint density at radius 2 is 1.77 bits per heavy atom. The van der Waals surface area contributed by atoms with Crippen molar-refractivity contribution in [1.29, 1.82) is 0 Å². The highest BCUT2D eigenvalue weighted by molar-refractivity contribution is 5.60. The predicted octanol–water partition coefficient (Wildman–Crippen LogP) is 7.46. The topological polar surface area (TPSA) is 29.3 Å². The highest BCUT2D eigenvalue weighted by atomic mass is 15.1. The summed E-state index contributed by atoms with van der Waals surface area (Å²) in [4.78, 5) is 2.37. The van der Waals surface area contributed by atoms with Gasteiger partial charge in [0.25, 0.3) is 0 Å². The lowest BCUT2D eigenvalue weighted by molar-refractivity contribution is 0.779. The van der Waals surface area contributed by atoms with E-state index in [4.69, 9.17) is 5.73 Å². The number of anilines is 1. The first kappa shape index (κ1) is 23.6. The average molecular weight is 419 g/mol. The van der Waals surface area contributed by atoms with E-state index in [9.17, 15) is 0 Å². The Balaban J connectivity index is 1.98. The maximum absolute atomic E-state index is 6.12. The minimum absolute atomic E-state index is 0.475. The molecule has 2 heteroatoms. The second-order valence-corrected chi connectivity index (χ2v) is 9.61. The molecule has 168 valence electrons. The second-order valence-electron chi connectivity index (χ2n) is 9.61. The molecule has 2 aromatic carbocycles. The average Bonchev–Trinajstić information content (AvgIpc) is 3.61. The van der Waals surface area contributed by atoms with Crippen LogP contribution in [0.2, 0.25) is 0 Å². The van der Waals surface area contributed by atoms with E-state index in [1.165, 1.54) is 65.6 Å². The summed E-state index contributed by atoms with van der Waals surface area (Å²) in [6, 6.07) is 14.3. The van der Waals surface area contributed by atoms with E-state index in [0.29, 0.717) is 12.5 Å². The number of hydrogen-bond acceptors (Lipinski definition) is 2. The molecular weight excluding hydrogens is 376 g/mol. The third-order valence-corrected chi connectivity index (χ3v) is 6.48. The van der Waals surface area contributed by atoms with Crippen LogP contribution in [0.5, 0.6) is 0 Å². The number of aryl methyl sites for hydroxylation is 2. The van der Waals surface area contributed by atoms with Gasteiger partial charge in [-0.3, -0.25) is 0 Å². The molecule has 0 spiro atoms. The number of unbranched alkanes of at least 4 members (excludes halogenated alkanes) is 1. The van der Waals surface area contributed by atoms with Gasteiger partial charge in [-0.05, 0) is 77.8 Å². The van der Waals surface area contributed by atoms with Crippen molar-refractivity contribution in [2.45, 2.75) is 91.0 Å². The fourth-order valence-electron chi connectivity index (χ4n) is 4.42. The maximum Gasteiger partial charge on any atom is 0.0479 e. The number of nitrogens with two attached hydrogens (primary N) is 1. The highest BCUT2D eigenvalue weighted by Gasteiger charge is 2.24. The molecule has 0 saturated heterocycles. The molecule has 2 N–H and O–H groups in total. The molecule has 1 aliphatic rings. The molecule has 31 heavy (non-hydrogen) atoms. The smallest absolute Gasteiger partial charge is 0.0479 e. The SMILES string of the molecule is C=C(CN)N(Cc1cc(CCC)cc(C2CC2)c1)c1ccc(C(C)C)cc1CCCC. The molecule has 0 bridgehead atoms. The van der Waals surface area contributed by atoms with E-state index in [-0.39, 0.29) is 0 Å². The summed E-state index contributed by atoms with van der Waals surface area (Å²) in [7, 11) is 0. The van der Waals surface area contributed by atoms with Crippen LogP contribution in [-0.4, -0.2) is 6.54 Å². The number of nitrogens with zero attached hydrogens (tertiary/aromatic N) is 1. The van der Waals surface area contributed by atoms with Crippen molar-refractivity contribution < 1.29 is 0 Å². The summed E-state index contributed by atoms with van der Waals surface area (Å²) in [6.45, 7) is 14.7. The van der Waals surface area contributed by atoms with E-state index >= 15 is 0 Å². The van der Waals surface area contributed by atoms with Gasteiger partial charge >= 0.3 is 0 Å². The Kier molecular flexibility index (Phi) is 8.37. The Bertz CT molecular complexity index is 876. The standard InChI is InChI=1S/C29H42N2/c1-6-8-10-27-18-26(21(3)4)13-14-29(27)31(22(5)19-30)20-24-15-23(9-7-2)16-28(17-24)25-11-12-25/h13-18,21,25H,5-12,19-20,30H2,1-4H3. The van der Waals surface area contributed by atoms with Crippen LogP contribution < -0.4 is 10.6 Å². The van der Waals surface area contributed by atoms with Gasteiger partial charge in [0.2, 0.25) is 0 Å². The normalized spacial score (nSPS) is 13.6. The quantitative estimate of drug-likeness (QED) is 0.387. The van der Waals surface area contributed by atoms with Crippen LogP contribution >= 0.6 is 0 Å². The molecule has 0 atom stereocenters. The first-order chi connectivity index (χ1) is 15.0. The van der Waals surface area contributed by atoms with Crippen molar-refractivity contribution >= 4 is 5.69 Å². The number of rotatable bonds is 12. The van der Waals surface area contributed by atoms with Gasteiger partial charge in [-0.2, -0.15) is 0 Å². The summed E-state index contributed by atoms with van der Waals surface area (Å²) in [5.41, 5.74) is 15.6. The molecule has 1 fully saturated rings. The molecule has 0 amide bonds. The Morgan fingerprint density at radius 1 is 1.03 bits per heavy atom. The minimum Gasteiger partial charge on any atom is -0.340 e. The fourth-order valence-corrected chi connectivity index (χ4v) is 4.42. The van der Waals surface area contributed by atoms with E-state index in [1.807, 2.05) is 0 Å². The van der Waals surface area contributed by atoms with Crippen LogP contribution in [0, 0.1) is 0 Å². The first-order valence-electron chi connectivity index (χ1n) is 12.4.